The minimum absolute atomic E-state index is 0.133. The van der Waals surface area contributed by atoms with Gasteiger partial charge >= 0.3 is 5.69 Å². The number of fused-ring (bicyclic) bond motifs is 1. The predicted octanol–water partition coefficient (Wildman–Crippen LogP) is 2.94. The Kier molecular flexibility index (Phi) is 7.32. The van der Waals surface area contributed by atoms with Gasteiger partial charge in [-0.2, -0.15) is 4.98 Å². The third kappa shape index (κ3) is 4.91. The summed E-state index contributed by atoms with van der Waals surface area (Å²) in [6.45, 7) is 8.05. The van der Waals surface area contributed by atoms with Crippen LogP contribution in [0.1, 0.15) is 32.6 Å². The fourth-order valence-electron chi connectivity index (χ4n) is 4.33. The first-order chi connectivity index (χ1) is 15.6. The van der Waals surface area contributed by atoms with Crippen LogP contribution in [0.4, 0.5) is 5.69 Å². The number of unbranched alkanes of at least 4 members (excludes halogenated alkanes) is 2. The Morgan fingerprint density at radius 2 is 1.62 bits per heavy atom. The van der Waals surface area contributed by atoms with Gasteiger partial charge in [0.1, 0.15) is 0 Å². The van der Waals surface area contributed by atoms with Gasteiger partial charge in [-0.3, -0.25) is 18.8 Å². The highest BCUT2D eigenvalue weighted by Gasteiger charge is 2.18. The second kappa shape index (κ2) is 10.4. The zero-order valence-corrected chi connectivity index (χ0v) is 19.4. The molecular weight excluding hydrogens is 428 g/mol. The molecule has 32 heavy (non-hydrogen) atoms. The number of para-hydroxylation sites is 1. The number of halogens is 1. The highest BCUT2D eigenvalue weighted by atomic mass is 35.5. The molecule has 0 aliphatic carbocycles. The normalized spacial score (nSPS) is 15.0. The van der Waals surface area contributed by atoms with Crippen LogP contribution in [-0.2, 0) is 13.1 Å². The lowest BCUT2D eigenvalue weighted by atomic mass is 10.2. The van der Waals surface area contributed by atoms with Gasteiger partial charge in [-0.25, -0.2) is 4.79 Å². The predicted molar refractivity (Wildman–Crippen MR) is 129 cm³/mol. The standard InChI is InChI=1S/C23H31ClN6O2/c1-2-3-12-29-20-19(25-22(24)26-20)21(31)30(23(29)32)13-8-7-11-27-14-16-28(17-15-27)18-9-5-4-6-10-18/h4-6,9-10H,2-3,7-8,11-17H2,1H3,(H,25,26). The molecule has 3 heterocycles. The van der Waals surface area contributed by atoms with Gasteiger partial charge in [0.05, 0.1) is 0 Å². The first-order valence-corrected chi connectivity index (χ1v) is 11.9. The van der Waals surface area contributed by atoms with Crippen LogP contribution in [0, 0.1) is 0 Å². The SMILES string of the molecule is CCCCn1c(=O)n(CCCCN2CCN(c3ccccc3)CC2)c(=O)c2[nH]c(Cl)nc21. The Morgan fingerprint density at radius 1 is 0.938 bits per heavy atom. The van der Waals surface area contributed by atoms with E-state index in [-0.39, 0.29) is 16.5 Å². The number of hydrogen-bond acceptors (Lipinski definition) is 5. The number of aromatic nitrogens is 4. The molecule has 1 aliphatic rings. The third-order valence-electron chi connectivity index (χ3n) is 6.17. The molecule has 1 fully saturated rings. The smallest absolute Gasteiger partial charge is 0.332 e. The number of piperazine rings is 1. The molecule has 8 nitrogen and oxygen atoms in total. The fourth-order valence-corrected chi connectivity index (χ4v) is 4.50. The van der Waals surface area contributed by atoms with Crippen LogP contribution in [0.15, 0.2) is 39.9 Å². The topological polar surface area (TPSA) is 79.2 Å². The zero-order chi connectivity index (χ0) is 22.5. The van der Waals surface area contributed by atoms with E-state index in [4.69, 9.17) is 11.6 Å². The lowest BCUT2D eigenvalue weighted by molar-refractivity contribution is 0.251. The number of hydrogen-bond donors (Lipinski definition) is 1. The van der Waals surface area contributed by atoms with Gasteiger partial charge in [-0.05, 0) is 49.5 Å². The van der Waals surface area contributed by atoms with Crippen molar-refractivity contribution in [2.45, 2.75) is 45.7 Å². The summed E-state index contributed by atoms with van der Waals surface area (Å²) in [5.74, 6) is 0. The van der Waals surface area contributed by atoms with Crippen LogP contribution in [-0.4, -0.2) is 56.7 Å². The van der Waals surface area contributed by atoms with Crippen molar-refractivity contribution in [2.75, 3.05) is 37.6 Å². The van der Waals surface area contributed by atoms with Crippen molar-refractivity contribution in [2.24, 2.45) is 0 Å². The molecule has 0 atom stereocenters. The maximum Gasteiger partial charge on any atom is 0.332 e. The van der Waals surface area contributed by atoms with E-state index in [9.17, 15) is 9.59 Å². The minimum Gasteiger partial charge on any atom is -0.369 e. The van der Waals surface area contributed by atoms with Crippen molar-refractivity contribution in [3.8, 4) is 0 Å². The van der Waals surface area contributed by atoms with E-state index in [1.54, 1.807) is 4.57 Å². The summed E-state index contributed by atoms with van der Waals surface area (Å²) >= 11 is 5.99. The molecule has 1 N–H and O–H groups in total. The highest BCUT2D eigenvalue weighted by molar-refractivity contribution is 6.28. The molecule has 2 aromatic heterocycles. The van der Waals surface area contributed by atoms with Gasteiger partial charge in [0.2, 0.25) is 5.28 Å². The zero-order valence-electron chi connectivity index (χ0n) is 18.6. The monoisotopic (exact) mass is 458 g/mol. The number of rotatable bonds is 9. The molecule has 9 heteroatoms. The Bertz CT molecular complexity index is 1140. The molecule has 0 amide bonds. The van der Waals surface area contributed by atoms with Gasteiger partial charge < -0.3 is 9.88 Å². The van der Waals surface area contributed by atoms with Crippen LogP contribution in [0.3, 0.4) is 0 Å². The Labute approximate surface area is 192 Å². The average Bonchev–Trinajstić information content (AvgIpc) is 3.21. The van der Waals surface area contributed by atoms with E-state index in [0.29, 0.717) is 24.3 Å². The van der Waals surface area contributed by atoms with E-state index in [1.807, 2.05) is 6.07 Å². The van der Waals surface area contributed by atoms with Crippen molar-refractivity contribution in [3.05, 3.63) is 56.5 Å². The summed E-state index contributed by atoms with van der Waals surface area (Å²) in [7, 11) is 0. The summed E-state index contributed by atoms with van der Waals surface area (Å²) in [6, 6.07) is 10.5. The van der Waals surface area contributed by atoms with Crippen LogP contribution in [0.5, 0.6) is 0 Å². The number of aryl methyl sites for hydroxylation is 1. The summed E-state index contributed by atoms with van der Waals surface area (Å²) in [5.41, 5.74) is 1.30. The number of nitrogens with zero attached hydrogens (tertiary/aromatic N) is 5. The van der Waals surface area contributed by atoms with E-state index in [0.717, 1.165) is 58.4 Å². The molecule has 0 unspecified atom stereocenters. The molecule has 0 spiro atoms. The first kappa shape index (κ1) is 22.6. The van der Waals surface area contributed by atoms with Crippen molar-refractivity contribution >= 4 is 28.5 Å². The molecule has 4 rings (SSSR count). The largest absolute Gasteiger partial charge is 0.369 e. The molecule has 1 saturated heterocycles. The number of benzene rings is 1. The van der Waals surface area contributed by atoms with Gasteiger partial charge in [0.25, 0.3) is 5.56 Å². The minimum atomic E-state index is -0.339. The Morgan fingerprint density at radius 3 is 2.34 bits per heavy atom. The number of nitrogens with one attached hydrogen (secondary N) is 1. The Balaban J connectivity index is 1.35. The highest BCUT2D eigenvalue weighted by Crippen LogP contribution is 2.16. The summed E-state index contributed by atoms with van der Waals surface area (Å²) in [4.78, 5) is 37.7. The second-order valence-corrected chi connectivity index (χ2v) is 8.70. The van der Waals surface area contributed by atoms with Crippen LogP contribution >= 0.6 is 11.6 Å². The Hall–Kier alpha value is -2.58. The van der Waals surface area contributed by atoms with Gasteiger partial charge in [-0.1, -0.05) is 31.5 Å². The van der Waals surface area contributed by atoms with Crippen LogP contribution in [0.2, 0.25) is 5.28 Å². The number of H-pyrrole nitrogens is 1. The summed E-state index contributed by atoms with van der Waals surface area (Å²) < 4.78 is 2.91. The molecule has 1 aromatic carbocycles. The van der Waals surface area contributed by atoms with Crippen molar-refractivity contribution in [1.29, 1.82) is 0 Å². The average molecular weight is 459 g/mol. The number of aromatic amines is 1. The second-order valence-electron chi connectivity index (χ2n) is 8.34. The van der Waals surface area contributed by atoms with Gasteiger partial charge in [-0.15, -0.1) is 0 Å². The van der Waals surface area contributed by atoms with Crippen molar-refractivity contribution in [3.63, 3.8) is 0 Å². The molecular formula is C23H31ClN6O2. The summed E-state index contributed by atoms with van der Waals surface area (Å²) in [5, 5.41) is 0.133. The molecule has 0 bridgehead atoms. The van der Waals surface area contributed by atoms with E-state index < -0.39 is 0 Å². The first-order valence-electron chi connectivity index (χ1n) is 11.5. The van der Waals surface area contributed by atoms with Crippen molar-refractivity contribution < 1.29 is 0 Å². The summed E-state index contributed by atoms with van der Waals surface area (Å²) in [6.07, 6.45) is 3.50. The molecule has 1 aliphatic heterocycles. The molecule has 0 radical (unpaired) electrons. The van der Waals surface area contributed by atoms with Crippen molar-refractivity contribution in [1.82, 2.24) is 24.0 Å². The fraction of sp³-hybridized carbons (Fsp3) is 0.522. The molecule has 3 aromatic rings. The maximum atomic E-state index is 13.0. The maximum absolute atomic E-state index is 13.0. The van der Waals surface area contributed by atoms with Crippen LogP contribution < -0.4 is 16.1 Å². The molecule has 0 saturated carbocycles. The van der Waals surface area contributed by atoms with Gasteiger partial charge in [0.15, 0.2) is 11.2 Å². The van der Waals surface area contributed by atoms with E-state index in [1.165, 1.54) is 10.3 Å². The molecule has 172 valence electrons. The van der Waals surface area contributed by atoms with E-state index >= 15 is 0 Å². The third-order valence-corrected chi connectivity index (χ3v) is 6.35. The number of imidazole rings is 1. The van der Waals surface area contributed by atoms with Crippen LogP contribution in [0.25, 0.3) is 11.2 Å². The number of anilines is 1. The lowest BCUT2D eigenvalue weighted by Crippen LogP contribution is -2.46. The van der Waals surface area contributed by atoms with E-state index in [2.05, 4.69) is 51.0 Å². The van der Waals surface area contributed by atoms with Gasteiger partial charge in [0, 0.05) is 45.0 Å². The quantitative estimate of drug-likeness (QED) is 0.394. The lowest BCUT2D eigenvalue weighted by Gasteiger charge is -2.36.